The number of hydrogen-bond acceptors (Lipinski definition) is 9. The molecule has 0 aliphatic carbocycles. The second-order valence-electron chi connectivity index (χ2n) is 9.56. The van der Waals surface area contributed by atoms with Crippen molar-refractivity contribution in [2.24, 2.45) is 17.4 Å². The van der Waals surface area contributed by atoms with Gasteiger partial charge in [0.05, 0.1) is 18.9 Å². The molecule has 0 aromatic carbocycles. The molecule has 0 radical (unpaired) electrons. The van der Waals surface area contributed by atoms with E-state index in [2.05, 4.69) is 31.2 Å². The van der Waals surface area contributed by atoms with E-state index in [0.717, 1.165) is 0 Å². The van der Waals surface area contributed by atoms with Crippen LogP contribution < -0.4 is 32.7 Å². The summed E-state index contributed by atoms with van der Waals surface area (Å²) < 4.78 is 0. The van der Waals surface area contributed by atoms with Gasteiger partial charge in [0.15, 0.2) is 0 Å². The minimum atomic E-state index is -1.18. The first-order valence-electron chi connectivity index (χ1n) is 13.4. The van der Waals surface area contributed by atoms with E-state index < -0.39 is 60.3 Å². The third-order valence-corrected chi connectivity index (χ3v) is 7.02. The third-order valence-electron chi connectivity index (χ3n) is 6.38. The number of carbonyl (C=O) groups excluding carboxylic acids is 4. The molecule has 14 nitrogen and oxygen atoms in total. The van der Waals surface area contributed by atoms with Crippen molar-refractivity contribution in [3.63, 3.8) is 0 Å². The molecule has 1 rings (SSSR count). The van der Waals surface area contributed by atoms with Gasteiger partial charge in [-0.05, 0) is 50.2 Å². The average Bonchev–Trinajstić information content (AvgIpc) is 3.44. The molecule has 0 fully saturated rings. The Morgan fingerprint density at radius 1 is 1.05 bits per heavy atom. The molecule has 4 amide bonds. The Morgan fingerprint density at radius 3 is 2.35 bits per heavy atom. The van der Waals surface area contributed by atoms with Crippen molar-refractivity contribution in [2.75, 3.05) is 25.1 Å². The maximum absolute atomic E-state index is 13.3. The van der Waals surface area contributed by atoms with Gasteiger partial charge >= 0.3 is 5.97 Å². The van der Waals surface area contributed by atoms with Crippen LogP contribution in [0.1, 0.15) is 51.6 Å². The molecule has 226 valence electrons. The van der Waals surface area contributed by atoms with E-state index in [1.165, 1.54) is 12.5 Å². The lowest BCUT2D eigenvalue weighted by Gasteiger charge is -2.27. The number of carboxylic acid groups (broad SMARTS) is 1. The summed E-state index contributed by atoms with van der Waals surface area (Å²) in [5.41, 5.74) is 12.0. The Bertz CT molecular complexity index is 948. The van der Waals surface area contributed by atoms with E-state index in [0.29, 0.717) is 43.7 Å². The summed E-state index contributed by atoms with van der Waals surface area (Å²) >= 11 is 1.55. The predicted octanol–water partition coefficient (Wildman–Crippen LogP) is -1.14. The van der Waals surface area contributed by atoms with Crippen LogP contribution in [0.2, 0.25) is 0 Å². The monoisotopic (exact) mass is 584 g/mol. The summed E-state index contributed by atoms with van der Waals surface area (Å²) in [5.74, 6) is -3.20. The Balaban J connectivity index is 2.89. The number of nitrogens with zero attached hydrogens (tertiary/aromatic N) is 1. The lowest BCUT2D eigenvalue weighted by atomic mass is 9.97. The van der Waals surface area contributed by atoms with Crippen LogP contribution in [0.15, 0.2) is 12.5 Å². The number of amides is 4. The van der Waals surface area contributed by atoms with Crippen molar-refractivity contribution in [2.45, 2.75) is 76.5 Å². The zero-order chi connectivity index (χ0) is 30.1. The molecular formula is C25H44N8O6S. The second-order valence-corrected chi connectivity index (χ2v) is 10.5. The summed E-state index contributed by atoms with van der Waals surface area (Å²) in [6, 6.07) is -3.96. The first-order valence-corrected chi connectivity index (χ1v) is 14.8. The Labute approximate surface area is 238 Å². The first kappa shape index (κ1) is 34.9. The summed E-state index contributed by atoms with van der Waals surface area (Å²) in [6.07, 6.45) is 7.29. The highest BCUT2D eigenvalue weighted by atomic mass is 32.2. The number of aliphatic carboxylic acids is 1. The molecule has 1 heterocycles. The van der Waals surface area contributed by atoms with Crippen molar-refractivity contribution in [3.8, 4) is 0 Å². The van der Waals surface area contributed by atoms with E-state index in [1.807, 2.05) is 13.2 Å². The minimum absolute atomic E-state index is 0.0881. The van der Waals surface area contributed by atoms with E-state index in [-0.39, 0.29) is 18.8 Å². The smallest absolute Gasteiger partial charge is 0.326 e. The van der Waals surface area contributed by atoms with Crippen molar-refractivity contribution < 1.29 is 29.1 Å². The number of carboxylic acids is 1. The summed E-state index contributed by atoms with van der Waals surface area (Å²) in [4.78, 5) is 69.7. The quantitative estimate of drug-likeness (QED) is 0.0858. The highest BCUT2D eigenvalue weighted by Crippen LogP contribution is 2.10. The molecular weight excluding hydrogens is 540 g/mol. The number of H-pyrrole nitrogens is 1. The van der Waals surface area contributed by atoms with Gasteiger partial charge in [-0.3, -0.25) is 19.2 Å². The van der Waals surface area contributed by atoms with Gasteiger partial charge in [0.2, 0.25) is 23.6 Å². The summed E-state index contributed by atoms with van der Waals surface area (Å²) in [5, 5.41) is 19.6. The number of aromatic nitrogens is 2. The van der Waals surface area contributed by atoms with Crippen molar-refractivity contribution in [1.29, 1.82) is 0 Å². The van der Waals surface area contributed by atoms with Crippen LogP contribution in [0.3, 0.4) is 0 Å². The maximum Gasteiger partial charge on any atom is 0.326 e. The number of aromatic amines is 1. The lowest BCUT2D eigenvalue weighted by Crippen LogP contribution is -2.58. The SMILES string of the molecule is CC[C@H](C)[C@H](NC(=O)[C@H](Cc1cnc[nH]1)NC(=O)[C@@H](N)CCSC)C(=O)NCC(=O)N[C@@H](CCCCN)C(=O)O. The Morgan fingerprint density at radius 2 is 1.77 bits per heavy atom. The Kier molecular flexibility index (Phi) is 16.6. The highest BCUT2D eigenvalue weighted by molar-refractivity contribution is 7.98. The number of nitrogens with two attached hydrogens (primary N) is 2. The van der Waals surface area contributed by atoms with Gasteiger partial charge in [-0.15, -0.1) is 0 Å². The Hall–Kier alpha value is -3.17. The first-order chi connectivity index (χ1) is 19.0. The molecule has 0 bridgehead atoms. The summed E-state index contributed by atoms with van der Waals surface area (Å²) in [7, 11) is 0. The molecule has 0 unspecified atom stereocenters. The number of unbranched alkanes of at least 4 members (excludes halogenated alkanes) is 1. The summed E-state index contributed by atoms with van der Waals surface area (Å²) in [6.45, 7) is 3.55. The fraction of sp³-hybridized carbons (Fsp3) is 0.680. The van der Waals surface area contributed by atoms with E-state index in [9.17, 15) is 29.1 Å². The molecule has 0 spiro atoms. The zero-order valence-corrected chi connectivity index (χ0v) is 24.2. The zero-order valence-electron chi connectivity index (χ0n) is 23.4. The minimum Gasteiger partial charge on any atom is -0.480 e. The number of nitrogens with one attached hydrogen (secondary N) is 5. The molecule has 1 aromatic heterocycles. The number of carbonyl (C=O) groups is 5. The van der Waals surface area contributed by atoms with Crippen LogP contribution in [-0.4, -0.2) is 93.9 Å². The predicted molar refractivity (Wildman–Crippen MR) is 152 cm³/mol. The molecule has 0 saturated heterocycles. The lowest BCUT2D eigenvalue weighted by molar-refractivity contribution is -0.142. The molecule has 1 aromatic rings. The standard InChI is InChI=1S/C25H44N8O6S/c1-4-15(2)21(24(37)29-13-20(34)31-18(25(38)39)7-5-6-9-26)33-23(36)19(11-16-12-28-14-30-16)32-22(35)17(27)8-10-40-3/h12,14-15,17-19,21H,4-11,13,26-27H2,1-3H3,(H,28,30)(H,29,37)(H,31,34)(H,32,35)(H,33,36)(H,38,39)/t15-,17-,18-,19-,21-/m0/s1. The van der Waals surface area contributed by atoms with Gasteiger partial charge in [0, 0.05) is 18.3 Å². The fourth-order valence-corrected chi connectivity index (χ4v) is 4.20. The molecule has 10 N–H and O–H groups in total. The van der Waals surface area contributed by atoms with Gasteiger partial charge in [0.25, 0.3) is 0 Å². The van der Waals surface area contributed by atoms with Crippen LogP contribution in [0.25, 0.3) is 0 Å². The second kappa shape index (κ2) is 19.0. The van der Waals surface area contributed by atoms with Crippen molar-refractivity contribution >= 4 is 41.4 Å². The van der Waals surface area contributed by atoms with Gasteiger partial charge in [-0.2, -0.15) is 11.8 Å². The van der Waals surface area contributed by atoms with Crippen LogP contribution in [-0.2, 0) is 30.4 Å². The molecule has 15 heteroatoms. The molecule has 40 heavy (non-hydrogen) atoms. The van der Waals surface area contributed by atoms with Crippen molar-refractivity contribution in [3.05, 3.63) is 18.2 Å². The van der Waals surface area contributed by atoms with Gasteiger partial charge in [-0.1, -0.05) is 20.3 Å². The van der Waals surface area contributed by atoms with Gasteiger partial charge < -0.3 is 42.8 Å². The number of imidazole rings is 1. The fourth-order valence-electron chi connectivity index (χ4n) is 3.71. The highest BCUT2D eigenvalue weighted by Gasteiger charge is 2.31. The normalized spacial score (nSPS) is 14.7. The maximum atomic E-state index is 13.3. The number of rotatable bonds is 20. The van der Waals surface area contributed by atoms with E-state index in [1.54, 1.807) is 18.7 Å². The number of thioether (sulfide) groups is 1. The van der Waals surface area contributed by atoms with Crippen LogP contribution >= 0.6 is 11.8 Å². The van der Waals surface area contributed by atoms with Gasteiger partial charge in [0.1, 0.15) is 18.1 Å². The van der Waals surface area contributed by atoms with Crippen LogP contribution in [0.4, 0.5) is 0 Å². The van der Waals surface area contributed by atoms with E-state index >= 15 is 0 Å². The topological polar surface area (TPSA) is 234 Å². The van der Waals surface area contributed by atoms with Crippen LogP contribution in [0, 0.1) is 5.92 Å². The third kappa shape index (κ3) is 12.8. The molecule has 0 aliphatic heterocycles. The van der Waals surface area contributed by atoms with Crippen molar-refractivity contribution in [1.82, 2.24) is 31.2 Å². The van der Waals surface area contributed by atoms with E-state index in [4.69, 9.17) is 11.5 Å². The van der Waals surface area contributed by atoms with Gasteiger partial charge in [-0.25, -0.2) is 9.78 Å². The number of hydrogen-bond donors (Lipinski definition) is 8. The molecule has 0 aliphatic rings. The molecule has 5 atom stereocenters. The van der Waals surface area contributed by atoms with Crippen LogP contribution in [0.5, 0.6) is 0 Å². The largest absolute Gasteiger partial charge is 0.480 e. The average molecular weight is 585 g/mol. The molecule has 0 saturated carbocycles.